The predicted octanol–water partition coefficient (Wildman–Crippen LogP) is 2.71. The first-order chi connectivity index (χ1) is 9.04. The number of amides is 1. The van der Waals surface area contributed by atoms with Gasteiger partial charge in [0, 0.05) is 11.4 Å². The Kier molecular flexibility index (Phi) is 3.18. The summed E-state index contributed by atoms with van der Waals surface area (Å²) >= 11 is 1.83. The quantitative estimate of drug-likeness (QED) is 0.924. The maximum atomic E-state index is 12.7. The van der Waals surface area contributed by atoms with Gasteiger partial charge in [-0.2, -0.15) is 0 Å². The van der Waals surface area contributed by atoms with Crippen LogP contribution >= 0.6 is 11.3 Å². The Labute approximate surface area is 118 Å². The third-order valence-corrected chi connectivity index (χ3v) is 5.56. The first-order valence-electron chi connectivity index (χ1n) is 7.21. The molecule has 4 heteroatoms. The lowest BCUT2D eigenvalue weighted by Crippen LogP contribution is -2.55. The molecule has 104 valence electrons. The zero-order valence-corrected chi connectivity index (χ0v) is 12.5. The molecule has 1 amide bonds. The van der Waals surface area contributed by atoms with Crippen LogP contribution in [0.5, 0.6) is 0 Å². The van der Waals surface area contributed by atoms with Gasteiger partial charge < -0.3 is 10.6 Å². The number of fused-ring (bicyclic) bond motifs is 1. The molecule has 2 heterocycles. The second-order valence-corrected chi connectivity index (χ2v) is 7.10. The molecule has 0 aromatic carbocycles. The number of carbonyl (C=O) groups excluding carboxylic acids is 1. The van der Waals surface area contributed by atoms with Crippen LogP contribution in [0.25, 0.3) is 0 Å². The maximum Gasteiger partial charge on any atom is 0.242 e. The first-order valence-corrected chi connectivity index (χ1v) is 8.09. The first kappa shape index (κ1) is 13.1. The van der Waals surface area contributed by atoms with E-state index in [9.17, 15) is 4.79 Å². The van der Waals surface area contributed by atoms with Gasteiger partial charge >= 0.3 is 0 Å². The minimum absolute atomic E-state index is 0.128. The topological polar surface area (TPSA) is 46.3 Å². The van der Waals surface area contributed by atoms with Gasteiger partial charge in [-0.25, -0.2) is 0 Å². The van der Waals surface area contributed by atoms with Gasteiger partial charge in [0.1, 0.15) is 0 Å². The van der Waals surface area contributed by atoms with Crippen molar-refractivity contribution < 1.29 is 4.79 Å². The van der Waals surface area contributed by atoms with Gasteiger partial charge in [-0.1, -0.05) is 6.92 Å². The highest BCUT2D eigenvalue weighted by atomic mass is 32.1. The molecule has 1 aromatic rings. The van der Waals surface area contributed by atoms with Gasteiger partial charge in [0.15, 0.2) is 0 Å². The minimum atomic E-state index is -0.722. The number of hydrogen-bond donors (Lipinski definition) is 1. The van der Waals surface area contributed by atoms with Crippen molar-refractivity contribution >= 4 is 17.2 Å². The molecule has 0 saturated heterocycles. The largest absolute Gasteiger partial charge is 0.333 e. The molecule has 2 atom stereocenters. The molecule has 1 saturated carbocycles. The second-order valence-electron chi connectivity index (χ2n) is 6.10. The van der Waals surface area contributed by atoms with Crippen molar-refractivity contribution in [2.75, 3.05) is 6.54 Å². The van der Waals surface area contributed by atoms with Crippen molar-refractivity contribution in [3.63, 3.8) is 0 Å². The summed E-state index contributed by atoms with van der Waals surface area (Å²) in [5.74, 6) is 0.786. The summed E-state index contributed by atoms with van der Waals surface area (Å²) in [5.41, 5.74) is 6.85. The SMILES string of the molecule is CCC(C)(N)C(=O)N1CCc2sccc2C1C1CC1. The Morgan fingerprint density at radius 1 is 1.58 bits per heavy atom. The molecule has 0 spiro atoms. The van der Waals surface area contributed by atoms with E-state index in [1.165, 1.54) is 23.3 Å². The van der Waals surface area contributed by atoms with Gasteiger partial charge in [0.25, 0.3) is 0 Å². The summed E-state index contributed by atoms with van der Waals surface area (Å²) in [7, 11) is 0. The van der Waals surface area contributed by atoms with Crippen molar-refractivity contribution in [1.82, 2.24) is 4.90 Å². The normalized spacial score (nSPS) is 25.8. The van der Waals surface area contributed by atoms with Crippen molar-refractivity contribution in [2.24, 2.45) is 11.7 Å². The average Bonchev–Trinajstić information content (AvgIpc) is 3.13. The van der Waals surface area contributed by atoms with E-state index in [0.29, 0.717) is 12.3 Å². The van der Waals surface area contributed by atoms with E-state index >= 15 is 0 Å². The van der Waals surface area contributed by atoms with E-state index in [2.05, 4.69) is 16.3 Å². The molecular weight excluding hydrogens is 256 g/mol. The molecule has 2 aliphatic rings. The molecule has 19 heavy (non-hydrogen) atoms. The average molecular weight is 278 g/mol. The number of carbonyl (C=O) groups is 1. The summed E-state index contributed by atoms with van der Waals surface area (Å²) in [6, 6.07) is 2.50. The summed E-state index contributed by atoms with van der Waals surface area (Å²) in [6.07, 6.45) is 4.17. The fourth-order valence-electron chi connectivity index (χ4n) is 2.97. The molecule has 2 unspecified atom stereocenters. The zero-order valence-electron chi connectivity index (χ0n) is 11.7. The fourth-order valence-corrected chi connectivity index (χ4v) is 3.89. The molecule has 3 rings (SSSR count). The summed E-state index contributed by atoms with van der Waals surface area (Å²) in [5, 5.41) is 2.16. The smallest absolute Gasteiger partial charge is 0.242 e. The van der Waals surface area contributed by atoms with Crippen LogP contribution in [0.1, 0.15) is 49.6 Å². The lowest BCUT2D eigenvalue weighted by Gasteiger charge is -2.40. The molecule has 1 aliphatic carbocycles. The predicted molar refractivity (Wildman–Crippen MR) is 78.1 cm³/mol. The van der Waals surface area contributed by atoms with E-state index < -0.39 is 5.54 Å². The maximum absolute atomic E-state index is 12.7. The number of nitrogens with zero attached hydrogens (tertiary/aromatic N) is 1. The number of nitrogens with two attached hydrogens (primary N) is 1. The van der Waals surface area contributed by atoms with Crippen LogP contribution in [0.4, 0.5) is 0 Å². The van der Waals surface area contributed by atoms with Crippen LogP contribution in [0.3, 0.4) is 0 Å². The number of rotatable bonds is 3. The zero-order chi connectivity index (χ0) is 13.6. The van der Waals surface area contributed by atoms with Crippen molar-refractivity contribution in [3.05, 3.63) is 21.9 Å². The number of thiophene rings is 1. The molecule has 0 bridgehead atoms. The van der Waals surface area contributed by atoms with E-state index in [1.807, 2.05) is 25.2 Å². The minimum Gasteiger partial charge on any atom is -0.333 e. The Hall–Kier alpha value is -0.870. The summed E-state index contributed by atoms with van der Waals surface area (Å²) in [4.78, 5) is 16.3. The van der Waals surface area contributed by atoms with E-state index in [1.54, 1.807) is 0 Å². The lowest BCUT2D eigenvalue weighted by atomic mass is 9.91. The lowest BCUT2D eigenvalue weighted by molar-refractivity contribution is -0.140. The van der Waals surface area contributed by atoms with Crippen LogP contribution in [-0.2, 0) is 11.2 Å². The highest BCUT2D eigenvalue weighted by Gasteiger charge is 2.44. The molecule has 1 aromatic heterocycles. The Bertz CT molecular complexity index is 490. The van der Waals surface area contributed by atoms with Gasteiger partial charge in [0.2, 0.25) is 5.91 Å². The molecular formula is C15H22N2OS. The van der Waals surface area contributed by atoms with Crippen LogP contribution in [-0.4, -0.2) is 22.9 Å². The standard InChI is InChI=1S/C15H22N2OS/c1-3-15(2,16)14(18)17-8-6-12-11(7-9-19-12)13(17)10-4-5-10/h7,9-10,13H,3-6,8,16H2,1-2H3. The van der Waals surface area contributed by atoms with Gasteiger partial charge in [-0.15, -0.1) is 11.3 Å². The highest BCUT2D eigenvalue weighted by Crippen LogP contribution is 2.48. The third-order valence-electron chi connectivity index (χ3n) is 4.57. The molecule has 1 aliphatic heterocycles. The van der Waals surface area contributed by atoms with Gasteiger partial charge in [0.05, 0.1) is 11.6 Å². The van der Waals surface area contributed by atoms with E-state index in [4.69, 9.17) is 5.73 Å². The Balaban J connectivity index is 1.92. The summed E-state index contributed by atoms with van der Waals surface area (Å²) in [6.45, 7) is 4.69. The van der Waals surface area contributed by atoms with Gasteiger partial charge in [-0.3, -0.25) is 4.79 Å². The van der Waals surface area contributed by atoms with Crippen molar-refractivity contribution in [2.45, 2.75) is 51.1 Å². The molecule has 1 fully saturated rings. The molecule has 3 nitrogen and oxygen atoms in total. The Morgan fingerprint density at radius 3 is 2.95 bits per heavy atom. The molecule has 0 radical (unpaired) electrons. The third kappa shape index (κ3) is 2.21. The van der Waals surface area contributed by atoms with Crippen LogP contribution in [0, 0.1) is 5.92 Å². The monoisotopic (exact) mass is 278 g/mol. The van der Waals surface area contributed by atoms with Crippen LogP contribution < -0.4 is 5.73 Å². The number of hydrogen-bond acceptors (Lipinski definition) is 3. The Morgan fingerprint density at radius 2 is 2.32 bits per heavy atom. The van der Waals surface area contributed by atoms with Crippen LogP contribution in [0.2, 0.25) is 0 Å². The molecule has 2 N–H and O–H groups in total. The van der Waals surface area contributed by atoms with Crippen molar-refractivity contribution in [3.8, 4) is 0 Å². The fraction of sp³-hybridized carbons (Fsp3) is 0.667. The van der Waals surface area contributed by atoms with Gasteiger partial charge in [-0.05, 0) is 55.5 Å². The summed E-state index contributed by atoms with van der Waals surface area (Å²) < 4.78 is 0. The van der Waals surface area contributed by atoms with E-state index in [0.717, 1.165) is 13.0 Å². The highest BCUT2D eigenvalue weighted by molar-refractivity contribution is 7.10. The second kappa shape index (κ2) is 4.60. The van der Waals surface area contributed by atoms with Crippen LogP contribution in [0.15, 0.2) is 11.4 Å². The van der Waals surface area contributed by atoms with Crippen molar-refractivity contribution in [1.29, 1.82) is 0 Å². The van der Waals surface area contributed by atoms with E-state index in [-0.39, 0.29) is 11.9 Å².